The molecule has 1 rings (SSSR count). The predicted molar refractivity (Wildman–Crippen MR) is 71.1 cm³/mol. The van der Waals surface area contributed by atoms with Gasteiger partial charge in [-0.05, 0) is 17.5 Å². The van der Waals surface area contributed by atoms with Crippen LogP contribution in [0.3, 0.4) is 0 Å². The van der Waals surface area contributed by atoms with Crippen LogP contribution in [-0.4, -0.2) is 31.8 Å². The van der Waals surface area contributed by atoms with Gasteiger partial charge >= 0.3 is 0 Å². The summed E-state index contributed by atoms with van der Waals surface area (Å²) in [6.45, 7) is 7.52. The molecule has 96 valence electrons. The molecular formula is C13H23N3O. The smallest absolute Gasteiger partial charge is 0.0637 e. The summed E-state index contributed by atoms with van der Waals surface area (Å²) in [7, 11) is 1.72. The number of nitrogens with two attached hydrogens (primary N) is 1. The molecule has 4 heteroatoms. The van der Waals surface area contributed by atoms with Gasteiger partial charge in [0, 0.05) is 32.9 Å². The lowest BCUT2D eigenvalue weighted by atomic mass is 10.1. The summed E-state index contributed by atoms with van der Waals surface area (Å²) in [6.07, 6.45) is 3.68. The van der Waals surface area contributed by atoms with Crippen molar-refractivity contribution >= 4 is 5.69 Å². The summed E-state index contributed by atoms with van der Waals surface area (Å²) in [5.74, 6) is 0.595. The van der Waals surface area contributed by atoms with Crippen molar-refractivity contribution in [2.45, 2.75) is 20.4 Å². The first kappa shape index (κ1) is 13.9. The molecule has 0 fully saturated rings. The molecule has 0 saturated heterocycles. The topological polar surface area (TPSA) is 51.4 Å². The van der Waals surface area contributed by atoms with Crippen LogP contribution < -0.4 is 10.6 Å². The molecule has 17 heavy (non-hydrogen) atoms. The molecule has 0 aliphatic rings. The van der Waals surface area contributed by atoms with Gasteiger partial charge in [0.15, 0.2) is 0 Å². The van der Waals surface area contributed by atoms with Crippen molar-refractivity contribution in [2.75, 3.05) is 31.7 Å². The van der Waals surface area contributed by atoms with E-state index in [9.17, 15) is 0 Å². The Labute approximate surface area is 104 Å². The molecule has 0 unspecified atom stereocenters. The number of methoxy groups -OCH3 is 1. The van der Waals surface area contributed by atoms with Gasteiger partial charge in [0.05, 0.1) is 18.5 Å². The first-order valence-corrected chi connectivity index (χ1v) is 6.05. The molecule has 0 amide bonds. The van der Waals surface area contributed by atoms with Gasteiger partial charge in [0.2, 0.25) is 0 Å². The van der Waals surface area contributed by atoms with Crippen LogP contribution in [0.4, 0.5) is 5.69 Å². The van der Waals surface area contributed by atoms with Gasteiger partial charge in [-0.25, -0.2) is 0 Å². The third-order valence-corrected chi connectivity index (χ3v) is 2.60. The zero-order chi connectivity index (χ0) is 12.7. The lowest BCUT2D eigenvalue weighted by Gasteiger charge is -2.27. The van der Waals surface area contributed by atoms with Crippen molar-refractivity contribution in [3.05, 3.63) is 24.0 Å². The standard InChI is InChI=1S/C13H23N3O/c1-11(2)10-16(6-7-17-3)13-9-15-5-4-12(13)8-14/h4-5,9,11H,6-8,10,14H2,1-3H3. The van der Waals surface area contributed by atoms with Gasteiger partial charge < -0.3 is 15.4 Å². The third-order valence-electron chi connectivity index (χ3n) is 2.60. The molecule has 1 aromatic heterocycles. The van der Waals surface area contributed by atoms with Crippen LogP contribution in [0, 0.1) is 5.92 Å². The second kappa shape index (κ2) is 7.25. The molecule has 1 aromatic rings. The Morgan fingerprint density at radius 2 is 2.24 bits per heavy atom. The zero-order valence-corrected chi connectivity index (χ0v) is 11.0. The van der Waals surface area contributed by atoms with E-state index in [1.807, 2.05) is 12.3 Å². The Bertz CT molecular complexity index is 328. The molecule has 0 saturated carbocycles. The molecule has 0 aromatic carbocycles. The molecular weight excluding hydrogens is 214 g/mol. The Balaban J connectivity index is 2.86. The number of nitrogens with zero attached hydrogens (tertiary/aromatic N) is 2. The van der Waals surface area contributed by atoms with Crippen molar-refractivity contribution in [2.24, 2.45) is 11.7 Å². The van der Waals surface area contributed by atoms with Crippen LogP contribution in [0.15, 0.2) is 18.5 Å². The molecule has 0 aliphatic heterocycles. The monoisotopic (exact) mass is 237 g/mol. The average Bonchev–Trinajstić information content (AvgIpc) is 2.34. The molecule has 4 nitrogen and oxygen atoms in total. The number of aromatic nitrogens is 1. The van der Waals surface area contributed by atoms with Crippen LogP contribution in [0.25, 0.3) is 0 Å². The van der Waals surface area contributed by atoms with E-state index >= 15 is 0 Å². The SMILES string of the molecule is COCCN(CC(C)C)c1cnccc1CN. The van der Waals surface area contributed by atoms with Crippen LogP contribution >= 0.6 is 0 Å². The van der Waals surface area contributed by atoms with E-state index in [4.69, 9.17) is 10.5 Å². The maximum absolute atomic E-state index is 5.76. The average molecular weight is 237 g/mol. The van der Waals surface area contributed by atoms with Gasteiger partial charge in [0.25, 0.3) is 0 Å². The minimum atomic E-state index is 0.541. The third kappa shape index (κ3) is 4.32. The van der Waals surface area contributed by atoms with E-state index in [1.165, 1.54) is 0 Å². The summed E-state index contributed by atoms with van der Waals surface area (Å²) >= 11 is 0. The lowest BCUT2D eigenvalue weighted by molar-refractivity contribution is 0.204. The molecule has 0 atom stereocenters. The summed E-state index contributed by atoms with van der Waals surface area (Å²) in [6, 6.07) is 1.98. The molecule has 0 spiro atoms. The fraction of sp³-hybridized carbons (Fsp3) is 0.615. The van der Waals surface area contributed by atoms with Gasteiger partial charge in [-0.2, -0.15) is 0 Å². The van der Waals surface area contributed by atoms with E-state index in [1.54, 1.807) is 13.3 Å². The van der Waals surface area contributed by atoms with Crippen molar-refractivity contribution in [3.63, 3.8) is 0 Å². The predicted octanol–water partition coefficient (Wildman–Crippen LogP) is 1.65. The van der Waals surface area contributed by atoms with Gasteiger partial charge in [-0.1, -0.05) is 13.8 Å². The molecule has 0 aliphatic carbocycles. The van der Waals surface area contributed by atoms with E-state index in [2.05, 4.69) is 23.7 Å². The Hall–Kier alpha value is -1.13. The summed E-state index contributed by atoms with van der Waals surface area (Å²) < 4.78 is 5.16. The molecule has 1 heterocycles. The lowest BCUT2D eigenvalue weighted by Crippen LogP contribution is -2.32. The second-order valence-corrected chi connectivity index (χ2v) is 4.54. The summed E-state index contributed by atoms with van der Waals surface area (Å²) in [5, 5.41) is 0. The largest absolute Gasteiger partial charge is 0.383 e. The maximum Gasteiger partial charge on any atom is 0.0637 e. The van der Waals surface area contributed by atoms with Crippen LogP contribution in [0.5, 0.6) is 0 Å². The van der Waals surface area contributed by atoms with Crippen molar-refractivity contribution in [3.8, 4) is 0 Å². The van der Waals surface area contributed by atoms with Crippen molar-refractivity contribution in [1.82, 2.24) is 4.98 Å². The molecule has 0 bridgehead atoms. The summed E-state index contributed by atoms with van der Waals surface area (Å²) in [4.78, 5) is 6.49. The highest BCUT2D eigenvalue weighted by atomic mass is 16.5. The van der Waals surface area contributed by atoms with E-state index < -0.39 is 0 Å². The molecule has 2 N–H and O–H groups in total. The minimum Gasteiger partial charge on any atom is -0.383 e. The quantitative estimate of drug-likeness (QED) is 0.783. The Kier molecular flexibility index (Phi) is 5.94. The number of hydrogen-bond acceptors (Lipinski definition) is 4. The van der Waals surface area contributed by atoms with Crippen LogP contribution in [0.2, 0.25) is 0 Å². The van der Waals surface area contributed by atoms with Crippen LogP contribution in [-0.2, 0) is 11.3 Å². The normalized spacial score (nSPS) is 10.9. The number of ether oxygens (including phenoxy) is 1. The van der Waals surface area contributed by atoms with E-state index in [0.717, 1.165) is 24.3 Å². The Morgan fingerprint density at radius 3 is 2.82 bits per heavy atom. The molecule has 0 radical (unpaired) electrons. The number of pyridine rings is 1. The first-order chi connectivity index (χ1) is 8.19. The van der Waals surface area contributed by atoms with Crippen molar-refractivity contribution < 1.29 is 4.74 Å². The van der Waals surface area contributed by atoms with E-state index in [0.29, 0.717) is 19.1 Å². The van der Waals surface area contributed by atoms with Crippen LogP contribution in [0.1, 0.15) is 19.4 Å². The second-order valence-electron chi connectivity index (χ2n) is 4.54. The van der Waals surface area contributed by atoms with Crippen molar-refractivity contribution in [1.29, 1.82) is 0 Å². The fourth-order valence-electron chi connectivity index (χ4n) is 1.82. The zero-order valence-electron chi connectivity index (χ0n) is 11.0. The first-order valence-electron chi connectivity index (χ1n) is 6.05. The minimum absolute atomic E-state index is 0.541. The maximum atomic E-state index is 5.76. The highest BCUT2D eigenvalue weighted by Crippen LogP contribution is 2.19. The van der Waals surface area contributed by atoms with Gasteiger partial charge in [0.1, 0.15) is 0 Å². The Morgan fingerprint density at radius 1 is 1.47 bits per heavy atom. The van der Waals surface area contributed by atoms with E-state index in [-0.39, 0.29) is 0 Å². The number of anilines is 1. The highest BCUT2D eigenvalue weighted by Gasteiger charge is 2.11. The fourth-order valence-corrected chi connectivity index (χ4v) is 1.82. The van der Waals surface area contributed by atoms with Gasteiger partial charge in [-0.15, -0.1) is 0 Å². The van der Waals surface area contributed by atoms with Gasteiger partial charge in [-0.3, -0.25) is 4.98 Å². The number of rotatable bonds is 7. The number of hydrogen-bond donors (Lipinski definition) is 1. The summed E-state index contributed by atoms with van der Waals surface area (Å²) in [5.41, 5.74) is 8.02. The highest BCUT2D eigenvalue weighted by molar-refractivity contribution is 5.51.